The van der Waals surface area contributed by atoms with Gasteiger partial charge in [-0.25, -0.2) is 4.79 Å². The molecule has 0 aliphatic heterocycles. The minimum Gasteiger partial charge on any atom is -0.450 e. The zero-order chi connectivity index (χ0) is 13.7. The highest BCUT2D eigenvalue weighted by Gasteiger charge is 2.47. The molecule has 4 heteroatoms. The first-order valence-electron chi connectivity index (χ1n) is 6.03. The summed E-state index contributed by atoms with van der Waals surface area (Å²) >= 11 is 0. The number of carbonyl (C=O) groups excluding carboxylic acids is 1. The molecule has 0 aromatic carbocycles. The average Bonchev–Trinajstić information content (AvgIpc) is 2.25. The van der Waals surface area contributed by atoms with E-state index in [4.69, 9.17) is 4.74 Å². The Kier molecular flexibility index (Phi) is 5.85. The Bertz CT molecular complexity index is 283. The van der Waals surface area contributed by atoms with Crippen molar-refractivity contribution in [2.75, 3.05) is 0 Å². The summed E-state index contributed by atoms with van der Waals surface area (Å²) < 4.78 is 5.22. The monoisotopic (exact) mass is 244 g/mol. The van der Waals surface area contributed by atoms with Gasteiger partial charge in [-0.3, -0.25) is 0 Å². The van der Waals surface area contributed by atoms with Crippen LogP contribution in [0.3, 0.4) is 0 Å². The number of esters is 1. The van der Waals surface area contributed by atoms with E-state index in [1.165, 1.54) is 6.92 Å². The molecule has 4 nitrogen and oxygen atoms in total. The summed E-state index contributed by atoms with van der Waals surface area (Å²) in [5.41, 5.74) is -1.05. The van der Waals surface area contributed by atoms with Crippen molar-refractivity contribution in [3.8, 4) is 0 Å². The maximum Gasteiger partial charge on any atom is 0.333 e. The Balaban J connectivity index is 4.97. The van der Waals surface area contributed by atoms with Crippen LogP contribution in [0.1, 0.15) is 53.4 Å². The minimum atomic E-state index is -2.02. The molecule has 0 aromatic heterocycles. The molecule has 1 atom stereocenters. The van der Waals surface area contributed by atoms with Crippen LogP contribution in [0.2, 0.25) is 0 Å². The number of hydrogen-bond donors (Lipinski definition) is 2. The highest BCUT2D eigenvalue weighted by atomic mass is 16.6. The number of ether oxygens (including phenoxy) is 1. The number of carbonyl (C=O) groups is 1. The third-order valence-electron chi connectivity index (χ3n) is 3.01. The fraction of sp³-hybridized carbons (Fsp3) is 0.769. The molecule has 17 heavy (non-hydrogen) atoms. The Morgan fingerprint density at radius 1 is 1.35 bits per heavy atom. The highest BCUT2D eigenvalue weighted by molar-refractivity contribution is 5.87. The molecule has 0 rings (SSSR count). The lowest BCUT2D eigenvalue weighted by molar-refractivity contribution is -0.278. The maximum absolute atomic E-state index is 11.5. The average molecular weight is 244 g/mol. The van der Waals surface area contributed by atoms with Crippen LogP contribution in [0.4, 0.5) is 0 Å². The second kappa shape index (κ2) is 6.17. The van der Waals surface area contributed by atoms with Crippen LogP contribution in [-0.4, -0.2) is 27.6 Å². The smallest absolute Gasteiger partial charge is 0.333 e. The number of unbranched alkanes of at least 4 members (excludes halogenated alkanes) is 1. The van der Waals surface area contributed by atoms with Crippen LogP contribution in [0.15, 0.2) is 12.2 Å². The Morgan fingerprint density at radius 2 is 1.88 bits per heavy atom. The minimum absolute atomic E-state index is 0.0939. The molecule has 0 bridgehead atoms. The SMILES string of the molecule is C=C(C)C(=O)OC(C)(CCCC)C(O)(O)CC. The van der Waals surface area contributed by atoms with Gasteiger partial charge in [0.1, 0.15) is 0 Å². The Labute approximate surface area is 103 Å². The first kappa shape index (κ1) is 16.1. The maximum atomic E-state index is 11.5. The van der Waals surface area contributed by atoms with E-state index in [1.54, 1.807) is 13.8 Å². The first-order valence-corrected chi connectivity index (χ1v) is 6.03. The molecule has 0 aliphatic carbocycles. The van der Waals surface area contributed by atoms with Gasteiger partial charge in [0.05, 0.1) is 0 Å². The van der Waals surface area contributed by atoms with Gasteiger partial charge in [0.25, 0.3) is 0 Å². The lowest BCUT2D eigenvalue weighted by Crippen LogP contribution is -2.54. The quantitative estimate of drug-likeness (QED) is 0.409. The van der Waals surface area contributed by atoms with E-state index < -0.39 is 17.4 Å². The van der Waals surface area contributed by atoms with Gasteiger partial charge < -0.3 is 14.9 Å². The van der Waals surface area contributed by atoms with Gasteiger partial charge in [-0.1, -0.05) is 26.8 Å². The van der Waals surface area contributed by atoms with Crippen molar-refractivity contribution in [2.45, 2.75) is 64.8 Å². The van der Waals surface area contributed by atoms with Gasteiger partial charge in [0, 0.05) is 12.0 Å². The molecule has 100 valence electrons. The second-order valence-corrected chi connectivity index (χ2v) is 4.67. The van der Waals surface area contributed by atoms with Gasteiger partial charge in [-0.15, -0.1) is 0 Å². The zero-order valence-electron chi connectivity index (χ0n) is 11.2. The van der Waals surface area contributed by atoms with Crippen LogP contribution in [0.25, 0.3) is 0 Å². The molecule has 2 N–H and O–H groups in total. The third-order valence-corrected chi connectivity index (χ3v) is 3.01. The molecule has 0 aromatic rings. The summed E-state index contributed by atoms with van der Waals surface area (Å²) in [6.07, 6.45) is 2.14. The van der Waals surface area contributed by atoms with Crippen molar-refractivity contribution < 1.29 is 19.7 Å². The first-order chi connectivity index (χ1) is 7.70. The van der Waals surface area contributed by atoms with Crippen molar-refractivity contribution in [1.82, 2.24) is 0 Å². The van der Waals surface area contributed by atoms with Crippen molar-refractivity contribution in [1.29, 1.82) is 0 Å². The van der Waals surface area contributed by atoms with Gasteiger partial charge in [-0.2, -0.15) is 0 Å². The normalized spacial score (nSPS) is 15.2. The number of aliphatic hydroxyl groups is 2. The van der Waals surface area contributed by atoms with Crippen molar-refractivity contribution in [2.24, 2.45) is 0 Å². The summed E-state index contributed by atoms with van der Waals surface area (Å²) in [6.45, 7) is 10.2. The molecule has 0 amide bonds. The predicted octanol–water partition coefficient (Wildman–Crippen LogP) is 2.15. The van der Waals surface area contributed by atoms with E-state index in [9.17, 15) is 15.0 Å². The Hall–Kier alpha value is -0.870. The van der Waals surface area contributed by atoms with Crippen LogP contribution in [0, 0.1) is 0 Å². The predicted molar refractivity (Wildman–Crippen MR) is 66.3 cm³/mol. The largest absolute Gasteiger partial charge is 0.450 e. The highest BCUT2D eigenvalue weighted by Crippen LogP contribution is 2.32. The molecular formula is C13H24O4. The van der Waals surface area contributed by atoms with E-state index in [0.29, 0.717) is 6.42 Å². The van der Waals surface area contributed by atoms with Gasteiger partial charge in [0.2, 0.25) is 5.79 Å². The van der Waals surface area contributed by atoms with Crippen LogP contribution < -0.4 is 0 Å². The van der Waals surface area contributed by atoms with Crippen molar-refractivity contribution in [3.05, 3.63) is 12.2 Å². The molecule has 0 saturated carbocycles. The summed E-state index contributed by atoms with van der Waals surface area (Å²) in [5.74, 6) is -2.61. The van der Waals surface area contributed by atoms with Crippen LogP contribution in [0.5, 0.6) is 0 Å². The van der Waals surface area contributed by atoms with Gasteiger partial charge in [-0.05, 0) is 26.7 Å². The Morgan fingerprint density at radius 3 is 2.24 bits per heavy atom. The topological polar surface area (TPSA) is 66.8 Å². The van der Waals surface area contributed by atoms with Crippen LogP contribution in [-0.2, 0) is 9.53 Å². The fourth-order valence-electron chi connectivity index (χ4n) is 1.51. The molecular weight excluding hydrogens is 220 g/mol. The van der Waals surface area contributed by atoms with E-state index in [1.807, 2.05) is 6.92 Å². The number of rotatable bonds is 7. The van der Waals surface area contributed by atoms with Gasteiger partial charge >= 0.3 is 5.97 Å². The molecule has 0 spiro atoms. The zero-order valence-corrected chi connectivity index (χ0v) is 11.2. The van der Waals surface area contributed by atoms with E-state index in [-0.39, 0.29) is 12.0 Å². The molecule has 0 aliphatic rings. The lowest BCUT2D eigenvalue weighted by atomic mass is 9.87. The van der Waals surface area contributed by atoms with Crippen molar-refractivity contribution >= 4 is 5.97 Å². The number of hydrogen-bond acceptors (Lipinski definition) is 4. The fourth-order valence-corrected chi connectivity index (χ4v) is 1.51. The van der Waals surface area contributed by atoms with Gasteiger partial charge in [0.15, 0.2) is 5.60 Å². The third kappa shape index (κ3) is 4.13. The summed E-state index contributed by atoms with van der Waals surface area (Å²) in [6, 6.07) is 0. The lowest BCUT2D eigenvalue weighted by Gasteiger charge is -2.40. The molecule has 0 saturated heterocycles. The molecule has 0 radical (unpaired) electrons. The van der Waals surface area contributed by atoms with Crippen molar-refractivity contribution in [3.63, 3.8) is 0 Å². The summed E-state index contributed by atoms with van der Waals surface area (Å²) in [4.78, 5) is 11.5. The summed E-state index contributed by atoms with van der Waals surface area (Å²) in [5, 5.41) is 19.9. The molecule has 1 unspecified atom stereocenters. The summed E-state index contributed by atoms with van der Waals surface area (Å²) in [7, 11) is 0. The van der Waals surface area contributed by atoms with Crippen LogP contribution >= 0.6 is 0 Å². The second-order valence-electron chi connectivity index (χ2n) is 4.67. The molecule has 0 fully saturated rings. The standard InChI is InChI=1S/C13H24O4/c1-6-8-9-12(5,13(15,16)7-2)17-11(14)10(3)4/h15-16H,3,6-9H2,1-2,4-5H3. The van der Waals surface area contributed by atoms with E-state index >= 15 is 0 Å². The van der Waals surface area contributed by atoms with E-state index in [2.05, 4.69) is 6.58 Å². The molecule has 0 heterocycles. The van der Waals surface area contributed by atoms with E-state index in [0.717, 1.165) is 12.8 Å².